The summed E-state index contributed by atoms with van der Waals surface area (Å²) in [5.41, 5.74) is 2.07. The van der Waals surface area contributed by atoms with Crippen LogP contribution in [0.1, 0.15) is 77.7 Å². The van der Waals surface area contributed by atoms with Crippen molar-refractivity contribution in [3.05, 3.63) is 122 Å². The molecule has 1 aliphatic rings. The second-order valence-electron chi connectivity index (χ2n) is 10.6. The highest BCUT2D eigenvalue weighted by molar-refractivity contribution is 7.10. The molecule has 12 nitrogen and oxygen atoms in total. The largest absolute Gasteiger partial charge is 0.451 e. The highest BCUT2D eigenvalue weighted by Gasteiger charge is 2.29. The van der Waals surface area contributed by atoms with E-state index in [1.165, 1.54) is 33.8 Å². The molecule has 46 heavy (non-hydrogen) atoms. The Bertz CT molecular complexity index is 1830. The second-order valence-corrected chi connectivity index (χ2v) is 12.4. The lowest BCUT2D eigenvalue weighted by Gasteiger charge is -2.28. The molecule has 14 heteroatoms. The van der Waals surface area contributed by atoms with Crippen LogP contribution in [0.3, 0.4) is 0 Å². The van der Waals surface area contributed by atoms with Crippen molar-refractivity contribution in [2.75, 3.05) is 13.1 Å². The molecule has 3 N–H and O–H groups in total. The lowest BCUT2D eigenvalue weighted by Crippen LogP contribution is -2.46. The van der Waals surface area contributed by atoms with Crippen LogP contribution >= 0.6 is 22.7 Å². The van der Waals surface area contributed by atoms with Crippen molar-refractivity contribution in [1.29, 1.82) is 0 Å². The second kappa shape index (κ2) is 13.8. The number of nitrogens with zero attached hydrogens (tertiary/aromatic N) is 4. The number of benzene rings is 2. The van der Waals surface area contributed by atoms with Gasteiger partial charge in [0.15, 0.2) is 12.1 Å². The van der Waals surface area contributed by atoms with E-state index < -0.39 is 41.8 Å². The van der Waals surface area contributed by atoms with Crippen LogP contribution in [0.15, 0.2) is 88.5 Å². The fourth-order valence-electron chi connectivity index (χ4n) is 5.02. The Hall–Kier alpha value is -5.21. The molecule has 4 heterocycles. The Labute approximate surface area is 271 Å². The van der Waals surface area contributed by atoms with E-state index in [1.54, 1.807) is 17.7 Å². The molecular formula is C32H29N7O5S2. The average molecular weight is 656 g/mol. The molecule has 3 atom stereocenters. The van der Waals surface area contributed by atoms with Crippen LogP contribution in [-0.4, -0.2) is 56.6 Å². The first-order chi connectivity index (χ1) is 22.3. The van der Waals surface area contributed by atoms with E-state index in [4.69, 9.17) is 4.42 Å². The summed E-state index contributed by atoms with van der Waals surface area (Å²) in [5.74, 6) is -1.89. The molecule has 1 aliphatic heterocycles. The maximum atomic E-state index is 13.7. The van der Waals surface area contributed by atoms with Gasteiger partial charge >= 0.3 is 0 Å². The molecule has 0 saturated carbocycles. The number of rotatable bonds is 4. The number of fused-ring (bicyclic) bond motifs is 4. The summed E-state index contributed by atoms with van der Waals surface area (Å²) in [4.78, 5) is 68.3. The highest BCUT2D eigenvalue weighted by atomic mass is 32.1. The molecule has 0 spiro atoms. The van der Waals surface area contributed by atoms with Crippen LogP contribution in [0.5, 0.6) is 0 Å². The molecule has 6 rings (SSSR count). The molecule has 5 aromatic rings. The molecule has 234 valence electrons. The third-order valence-corrected chi connectivity index (χ3v) is 9.31. The number of carbonyl (C=O) groups is 4. The molecule has 0 fully saturated rings. The van der Waals surface area contributed by atoms with Gasteiger partial charge in [-0.1, -0.05) is 60.7 Å². The van der Waals surface area contributed by atoms with E-state index in [1.807, 2.05) is 60.7 Å². The van der Waals surface area contributed by atoms with Crippen LogP contribution in [0, 0.1) is 0 Å². The van der Waals surface area contributed by atoms with Gasteiger partial charge in [0.05, 0.1) is 24.7 Å². The molecular weight excluding hydrogens is 627 g/mol. The Balaban J connectivity index is 1.38. The van der Waals surface area contributed by atoms with E-state index >= 15 is 0 Å². The van der Waals surface area contributed by atoms with Crippen molar-refractivity contribution in [3.8, 4) is 0 Å². The van der Waals surface area contributed by atoms with Gasteiger partial charge in [0, 0.05) is 17.3 Å². The Morgan fingerprint density at radius 2 is 1.54 bits per heavy atom. The zero-order valence-corrected chi connectivity index (χ0v) is 26.2. The number of hydrogen-bond donors (Lipinski definition) is 3. The van der Waals surface area contributed by atoms with Crippen LogP contribution in [-0.2, 0) is 11.2 Å². The van der Waals surface area contributed by atoms with Crippen molar-refractivity contribution >= 4 is 46.3 Å². The lowest BCUT2D eigenvalue weighted by molar-refractivity contribution is -0.122. The number of amides is 4. The zero-order valence-electron chi connectivity index (χ0n) is 24.6. The highest BCUT2D eigenvalue weighted by Crippen LogP contribution is 2.25. The Morgan fingerprint density at radius 3 is 2.24 bits per heavy atom. The minimum Gasteiger partial charge on any atom is -0.451 e. The van der Waals surface area contributed by atoms with Gasteiger partial charge < -0.3 is 25.3 Å². The van der Waals surface area contributed by atoms with E-state index in [9.17, 15) is 19.2 Å². The average Bonchev–Trinajstić information content (AvgIpc) is 3.86. The summed E-state index contributed by atoms with van der Waals surface area (Å²) in [6.45, 7) is 1.37. The third kappa shape index (κ3) is 7.19. The smallest absolute Gasteiger partial charge is 0.276 e. The molecule has 0 aliphatic carbocycles. The summed E-state index contributed by atoms with van der Waals surface area (Å²) >= 11 is 2.51. The monoisotopic (exact) mass is 655 g/mol. The molecule has 0 radical (unpaired) electrons. The standard InChI is InChI=1S/C32H29N7O5S2/c1-19-30-37-25(16-45-30)28(41)35-22(12-20-8-4-2-5-9-20)31-38-26(17-46-31)29(42)36-23(21-10-6-3-7-11-21)13-39(14-27(40)34-19)32(43)24-15-44-18-33-24/h2-11,15-19,22-23H,12-14H2,1H3,(H,34,40)(H,35,41)(H,36,42)/t19-,22+,23-/m0/s1. The normalized spacial score (nSPS) is 19.4. The number of hydrogen-bond acceptors (Lipinski definition) is 10. The molecule has 2 aromatic carbocycles. The van der Waals surface area contributed by atoms with Crippen molar-refractivity contribution in [2.24, 2.45) is 0 Å². The topological polar surface area (TPSA) is 159 Å². The number of oxazole rings is 1. The Morgan fingerprint density at radius 1 is 0.891 bits per heavy atom. The minimum absolute atomic E-state index is 0.0188. The van der Waals surface area contributed by atoms with E-state index in [0.717, 1.165) is 17.5 Å². The van der Waals surface area contributed by atoms with Crippen molar-refractivity contribution in [2.45, 2.75) is 31.5 Å². The number of thiazole rings is 2. The third-order valence-electron chi connectivity index (χ3n) is 7.33. The fraction of sp³-hybridized carbons (Fsp3) is 0.219. The van der Waals surface area contributed by atoms with Gasteiger partial charge in [0.1, 0.15) is 27.7 Å². The zero-order chi connectivity index (χ0) is 32.0. The Kier molecular flexibility index (Phi) is 9.26. The van der Waals surface area contributed by atoms with Crippen LogP contribution in [0.2, 0.25) is 0 Å². The number of nitrogens with one attached hydrogen (secondary N) is 3. The minimum atomic E-state index is -0.708. The van der Waals surface area contributed by atoms with Gasteiger partial charge in [0.25, 0.3) is 17.7 Å². The molecule has 0 unspecified atom stereocenters. The van der Waals surface area contributed by atoms with E-state index in [-0.39, 0.29) is 30.2 Å². The van der Waals surface area contributed by atoms with Gasteiger partial charge in [-0.15, -0.1) is 22.7 Å². The summed E-state index contributed by atoms with van der Waals surface area (Å²) in [6.07, 6.45) is 2.78. The van der Waals surface area contributed by atoms with Crippen LogP contribution in [0.25, 0.3) is 0 Å². The molecule has 4 amide bonds. The van der Waals surface area contributed by atoms with Crippen molar-refractivity contribution in [1.82, 2.24) is 35.8 Å². The lowest BCUT2D eigenvalue weighted by atomic mass is 10.1. The van der Waals surface area contributed by atoms with Crippen molar-refractivity contribution in [3.63, 3.8) is 0 Å². The van der Waals surface area contributed by atoms with E-state index in [0.29, 0.717) is 16.4 Å². The molecule has 0 saturated heterocycles. The first-order valence-electron chi connectivity index (χ1n) is 14.4. The maximum Gasteiger partial charge on any atom is 0.276 e. The van der Waals surface area contributed by atoms with Gasteiger partial charge in [-0.05, 0) is 24.5 Å². The SMILES string of the molecule is C[C@@H]1NC(=O)CN(C(=O)c2cocn2)C[C@@H](c2ccccc2)NC(=O)c2csc(n2)[C@@H](Cc2ccccc2)NC(=O)c2csc1n2. The fourth-order valence-corrected chi connectivity index (χ4v) is 6.67. The number of carbonyl (C=O) groups excluding carboxylic acids is 4. The summed E-state index contributed by atoms with van der Waals surface area (Å²) < 4.78 is 5.03. The summed E-state index contributed by atoms with van der Waals surface area (Å²) in [5, 5.41) is 13.3. The summed E-state index contributed by atoms with van der Waals surface area (Å²) in [7, 11) is 0. The van der Waals surface area contributed by atoms with E-state index in [2.05, 4.69) is 30.9 Å². The quantitative estimate of drug-likeness (QED) is 0.261. The first-order valence-corrected chi connectivity index (χ1v) is 16.2. The van der Waals surface area contributed by atoms with Crippen LogP contribution in [0.4, 0.5) is 0 Å². The first kappa shape index (κ1) is 30.8. The van der Waals surface area contributed by atoms with Gasteiger partial charge in [0.2, 0.25) is 5.91 Å². The van der Waals surface area contributed by atoms with Gasteiger partial charge in [-0.2, -0.15) is 0 Å². The van der Waals surface area contributed by atoms with Crippen LogP contribution < -0.4 is 16.0 Å². The summed E-state index contributed by atoms with van der Waals surface area (Å²) in [6, 6.07) is 17.0. The maximum absolute atomic E-state index is 13.7. The predicted octanol–water partition coefficient (Wildman–Crippen LogP) is 4.11. The predicted molar refractivity (Wildman–Crippen MR) is 170 cm³/mol. The van der Waals surface area contributed by atoms with Gasteiger partial charge in [-0.25, -0.2) is 15.0 Å². The molecule has 3 aromatic heterocycles. The molecule has 4 bridgehead atoms. The van der Waals surface area contributed by atoms with Gasteiger partial charge in [-0.3, -0.25) is 19.2 Å². The van der Waals surface area contributed by atoms with Crippen molar-refractivity contribution < 1.29 is 23.6 Å². The number of aromatic nitrogens is 3.